The minimum Gasteiger partial charge on any atom is -0.418 e. The molecule has 0 spiro atoms. The van der Waals surface area contributed by atoms with Crippen molar-refractivity contribution in [2.24, 2.45) is 11.8 Å². The van der Waals surface area contributed by atoms with Crippen molar-refractivity contribution < 1.29 is 19.1 Å². The van der Waals surface area contributed by atoms with Crippen LogP contribution >= 0.6 is 34.0 Å². The highest BCUT2D eigenvalue weighted by Gasteiger charge is 2.46. The Morgan fingerprint density at radius 2 is 1.08 bits per heavy atom. The summed E-state index contributed by atoms with van der Waals surface area (Å²) in [5.41, 5.74) is 5.09. The van der Waals surface area contributed by atoms with Gasteiger partial charge < -0.3 is 9.47 Å². The number of rotatable bonds is 25. The highest BCUT2D eigenvalue weighted by molar-refractivity contribution is 7.27. The largest absolute Gasteiger partial charge is 0.418 e. The van der Waals surface area contributed by atoms with Gasteiger partial charge >= 0.3 is 11.9 Å². The summed E-state index contributed by atoms with van der Waals surface area (Å²) in [6.07, 6.45) is 29.1. The fraction of sp³-hybridized carbons (Fsp3) is 0.403. The van der Waals surface area contributed by atoms with E-state index in [0.29, 0.717) is 23.5 Å². The van der Waals surface area contributed by atoms with Crippen LogP contribution in [0.1, 0.15) is 168 Å². The minimum atomic E-state index is -0.494. The van der Waals surface area contributed by atoms with E-state index < -0.39 is 11.9 Å². The molecule has 7 heteroatoms. The molecule has 7 aromatic rings. The number of carbonyl (C=O) groups excluding carboxylic acids is 2. The molecular formula is C67H70O4S3. The van der Waals surface area contributed by atoms with Crippen molar-refractivity contribution in [2.75, 3.05) is 0 Å². The number of thiophene rings is 3. The number of benzene rings is 4. The smallest absolute Gasteiger partial charge is 0.349 e. The quantitative estimate of drug-likeness (QED) is 0.0325. The summed E-state index contributed by atoms with van der Waals surface area (Å²) in [4.78, 5) is 32.4. The summed E-state index contributed by atoms with van der Waals surface area (Å²) < 4.78 is 15.0. The Hall–Kier alpha value is -5.88. The molecule has 2 atom stereocenters. The van der Waals surface area contributed by atoms with Crippen molar-refractivity contribution in [3.05, 3.63) is 116 Å². The number of terminal acetylenes is 1. The van der Waals surface area contributed by atoms with Crippen molar-refractivity contribution in [2.45, 2.75) is 163 Å². The van der Waals surface area contributed by atoms with E-state index in [-0.39, 0.29) is 17.4 Å². The van der Waals surface area contributed by atoms with E-state index in [4.69, 9.17) is 15.9 Å². The average molecular weight is 1040 g/mol. The first-order chi connectivity index (χ1) is 36.1. The van der Waals surface area contributed by atoms with E-state index in [1.54, 1.807) is 22.7 Å². The lowest BCUT2D eigenvalue weighted by Gasteiger charge is -2.12. The molecule has 4 nitrogen and oxygen atoms in total. The average Bonchev–Trinajstić information content (AvgIpc) is 4.22. The maximum absolute atomic E-state index is 14.5. The molecule has 0 saturated carbocycles. The number of ether oxygens (including phenoxy) is 2. The lowest BCUT2D eigenvalue weighted by atomic mass is 9.92. The first-order valence-electron chi connectivity index (χ1n) is 27.6. The highest BCUT2D eigenvalue weighted by Crippen LogP contribution is 2.50. The zero-order valence-electron chi connectivity index (χ0n) is 44.2. The summed E-state index contributed by atoms with van der Waals surface area (Å²) in [7, 11) is 0. The number of hydrogen-bond donors (Lipinski definition) is 0. The van der Waals surface area contributed by atoms with Crippen LogP contribution in [0.2, 0.25) is 0 Å². The second kappa shape index (κ2) is 25.1. The van der Waals surface area contributed by atoms with Gasteiger partial charge in [-0.3, -0.25) is 0 Å². The van der Waals surface area contributed by atoms with E-state index in [2.05, 4.69) is 137 Å². The van der Waals surface area contributed by atoms with E-state index in [1.165, 1.54) is 132 Å². The normalized spacial score (nSPS) is 14.1. The lowest BCUT2D eigenvalue weighted by molar-refractivity contribution is -0.131. The zero-order valence-corrected chi connectivity index (χ0v) is 46.6. The molecule has 4 aromatic carbocycles. The molecule has 380 valence electrons. The molecule has 0 bridgehead atoms. The van der Waals surface area contributed by atoms with Crippen LogP contribution in [0.25, 0.3) is 63.3 Å². The van der Waals surface area contributed by atoms with Crippen LogP contribution in [0.5, 0.6) is 0 Å². The predicted octanol–water partition coefficient (Wildman–Crippen LogP) is 19.0. The van der Waals surface area contributed by atoms with E-state index in [0.717, 1.165) is 73.7 Å². The highest BCUT2D eigenvalue weighted by atomic mass is 32.1. The number of unbranched alkanes of at least 4 members (excludes halogenated alkanes) is 14. The lowest BCUT2D eigenvalue weighted by Crippen LogP contribution is -2.08. The van der Waals surface area contributed by atoms with Crippen LogP contribution in [-0.4, -0.2) is 11.9 Å². The van der Waals surface area contributed by atoms with Gasteiger partial charge in [0.1, 0.15) is 11.1 Å². The Balaban J connectivity index is 1.06. The fourth-order valence-electron chi connectivity index (χ4n) is 11.1. The van der Waals surface area contributed by atoms with Crippen LogP contribution in [0, 0.1) is 61.7 Å². The second-order valence-electron chi connectivity index (χ2n) is 20.9. The van der Waals surface area contributed by atoms with Gasteiger partial charge in [0.05, 0.1) is 0 Å². The molecule has 0 saturated heterocycles. The number of aryl methyl sites for hydroxylation is 2. The molecule has 9 rings (SSSR count). The van der Waals surface area contributed by atoms with Gasteiger partial charge in [-0.05, 0) is 119 Å². The van der Waals surface area contributed by atoms with Gasteiger partial charge in [-0.15, -0.1) is 40.4 Å². The third-order valence-electron chi connectivity index (χ3n) is 15.0. The van der Waals surface area contributed by atoms with Gasteiger partial charge in [0, 0.05) is 45.6 Å². The fourth-order valence-corrected chi connectivity index (χ4v) is 14.8. The van der Waals surface area contributed by atoms with Crippen molar-refractivity contribution in [3.8, 4) is 46.5 Å². The van der Waals surface area contributed by atoms with E-state index >= 15 is 0 Å². The summed E-state index contributed by atoms with van der Waals surface area (Å²) in [5, 5.41) is 7.47. The maximum Gasteiger partial charge on any atom is 0.349 e. The van der Waals surface area contributed by atoms with E-state index in [1.807, 2.05) is 11.3 Å². The predicted molar refractivity (Wildman–Crippen MR) is 316 cm³/mol. The molecule has 0 fully saturated rings. The van der Waals surface area contributed by atoms with Gasteiger partial charge in [0.2, 0.25) is 0 Å². The van der Waals surface area contributed by atoms with Crippen molar-refractivity contribution in [1.82, 2.24) is 0 Å². The number of hydrogen-bond acceptors (Lipinski definition) is 7. The molecule has 0 aliphatic carbocycles. The third-order valence-corrected chi connectivity index (χ3v) is 18.6. The Labute approximate surface area is 452 Å². The molecule has 2 aliphatic heterocycles. The Kier molecular flexibility index (Phi) is 18.0. The van der Waals surface area contributed by atoms with Crippen LogP contribution in [0.3, 0.4) is 0 Å². The Morgan fingerprint density at radius 3 is 1.70 bits per heavy atom. The molecule has 5 heterocycles. The SMILES string of the molecule is C#CC#CC#CC(CCCCCCCCCC)Cc1cc(-c2ccc3c(ccc4c5ccc6cc(C)ccc6c5sc34)c2)sc1C1=C2OC(=O)C(c3sc(C)cc3CC(C)CCCCCCCCCC)=C2OC1=O. The molecule has 3 aromatic heterocycles. The molecule has 2 aliphatic rings. The topological polar surface area (TPSA) is 52.6 Å². The summed E-state index contributed by atoms with van der Waals surface area (Å²) in [5.74, 6) is 14.4. The Bertz CT molecular complexity index is 3450. The van der Waals surface area contributed by atoms with Gasteiger partial charge in [-0.25, -0.2) is 9.59 Å². The van der Waals surface area contributed by atoms with Crippen LogP contribution < -0.4 is 0 Å². The molecule has 0 amide bonds. The van der Waals surface area contributed by atoms with Crippen LogP contribution in [-0.2, 0) is 31.9 Å². The standard InChI is InChI=1S/C67H70O4S3/c1-7-10-13-16-18-20-22-24-27-44(4)39-51-40-46(6)72-62(51)58-60-61(71-66(58)68)59(67(69)70-60)63-52(41-47(28-25-15-12-9-3)29-26-23-21-19-17-14-11-8-2)43-57(73-63)50-33-35-54-49(42-50)32-37-56-55-36-31-48-38-45(5)30-34-53(48)64(55)74-65(54)56/h3,30-38,40,42-44,47H,7-8,10-11,13-14,16-24,26-27,29,39,41H2,1-2,4-6H3. The molecular weight excluding hydrogens is 965 g/mol. The number of carbonyl (C=O) groups is 2. The Morgan fingerprint density at radius 1 is 0.541 bits per heavy atom. The molecule has 2 unspecified atom stereocenters. The van der Waals surface area contributed by atoms with Crippen molar-refractivity contribution >= 4 is 98.8 Å². The van der Waals surface area contributed by atoms with Crippen molar-refractivity contribution in [3.63, 3.8) is 0 Å². The number of fused-ring (bicyclic) bond motifs is 8. The van der Waals surface area contributed by atoms with Gasteiger partial charge in [-0.2, -0.15) is 0 Å². The zero-order chi connectivity index (χ0) is 51.6. The summed E-state index contributed by atoms with van der Waals surface area (Å²) in [6.45, 7) is 11.1. The monoisotopic (exact) mass is 1030 g/mol. The maximum atomic E-state index is 14.5. The summed E-state index contributed by atoms with van der Waals surface area (Å²) >= 11 is 5.00. The van der Waals surface area contributed by atoms with Crippen LogP contribution in [0.4, 0.5) is 0 Å². The number of esters is 2. The van der Waals surface area contributed by atoms with Gasteiger partial charge in [0.25, 0.3) is 0 Å². The van der Waals surface area contributed by atoms with Crippen LogP contribution in [0.15, 0.2) is 84.3 Å². The minimum absolute atomic E-state index is 0.0367. The van der Waals surface area contributed by atoms with E-state index in [9.17, 15) is 9.59 Å². The molecule has 0 N–H and O–H groups in total. The van der Waals surface area contributed by atoms with Gasteiger partial charge in [0.15, 0.2) is 11.5 Å². The first-order valence-corrected chi connectivity index (χ1v) is 30.0. The molecule has 0 radical (unpaired) electrons. The second-order valence-corrected chi connectivity index (χ2v) is 24.2. The third kappa shape index (κ3) is 12.1. The molecule has 74 heavy (non-hydrogen) atoms. The van der Waals surface area contributed by atoms with Crippen molar-refractivity contribution in [1.29, 1.82) is 0 Å². The summed E-state index contributed by atoms with van der Waals surface area (Å²) in [6, 6.07) is 26.9. The van der Waals surface area contributed by atoms with Gasteiger partial charge in [-0.1, -0.05) is 196 Å². The first kappa shape index (κ1) is 53.0.